The molecular formula is C16H20FNO2. The normalized spacial score (nSPS) is 10.7. The van der Waals surface area contributed by atoms with Crippen LogP contribution in [0.5, 0.6) is 0 Å². The molecule has 1 rings (SSSR count). The molecule has 4 heteroatoms. The fourth-order valence-electron chi connectivity index (χ4n) is 1.56. The lowest BCUT2D eigenvalue weighted by Crippen LogP contribution is -2.28. The molecule has 0 atom stereocenters. The van der Waals surface area contributed by atoms with E-state index in [0.29, 0.717) is 12.1 Å². The summed E-state index contributed by atoms with van der Waals surface area (Å²) in [6, 6.07) is 4.08. The molecule has 0 aliphatic rings. The first-order valence-corrected chi connectivity index (χ1v) is 6.51. The summed E-state index contributed by atoms with van der Waals surface area (Å²) in [5, 5.41) is 11.3. The third-order valence-electron chi connectivity index (χ3n) is 2.68. The van der Waals surface area contributed by atoms with Crippen LogP contribution in [-0.4, -0.2) is 24.2 Å². The smallest absolute Gasteiger partial charge is 0.254 e. The molecule has 1 aromatic rings. The Bertz CT molecular complexity index is 536. The summed E-state index contributed by atoms with van der Waals surface area (Å²) >= 11 is 0. The molecule has 2 N–H and O–H groups in total. The Morgan fingerprint density at radius 1 is 1.40 bits per heavy atom. The predicted octanol–water partition coefficient (Wildman–Crippen LogP) is 2.34. The zero-order valence-electron chi connectivity index (χ0n) is 12.1. The molecule has 0 unspecified atom stereocenters. The van der Waals surface area contributed by atoms with Crippen molar-refractivity contribution in [3.63, 3.8) is 0 Å². The lowest BCUT2D eigenvalue weighted by Gasteiger charge is -2.18. The molecule has 0 spiro atoms. The number of aliphatic hydroxyl groups excluding tert-OH is 1. The van der Waals surface area contributed by atoms with Gasteiger partial charge in [-0.1, -0.05) is 32.6 Å². The minimum absolute atomic E-state index is 0.0244. The van der Waals surface area contributed by atoms with E-state index in [2.05, 4.69) is 37.9 Å². The molecule has 0 aromatic heterocycles. The van der Waals surface area contributed by atoms with Crippen LogP contribution in [0.1, 0.15) is 43.1 Å². The summed E-state index contributed by atoms with van der Waals surface area (Å²) in [6.45, 7) is 6.44. The minimum Gasteiger partial charge on any atom is -0.384 e. The van der Waals surface area contributed by atoms with E-state index in [1.807, 2.05) is 0 Å². The average Bonchev–Trinajstić information content (AvgIpc) is 2.36. The van der Waals surface area contributed by atoms with Gasteiger partial charge in [-0.05, 0) is 30.0 Å². The topological polar surface area (TPSA) is 49.3 Å². The summed E-state index contributed by atoms with van der Waals surface area (Å²) in [7, 11) is 0. The first-order valence-electron chi connectivity index (χ1n) is 6.51. The maximum Gasteiger partial charge on any atom is 0.254 e. The van der Waals surface area contributed by atoms with Crippen LogP contribution in [0.15, 0.2) is 18.2 Å². The van der Waals surface area contributed by atoms with Crippen LogP contribution < -0.4 is 5.32 Å². The Labute approximate surface area is 119 Å². The Morgan fingerprint density at radius 2 is 2.10 bits per heavy atom. The highest BCUT2D eigenvalue weighted by atomic mass is 19.1. The number of amides is 1. The SMILES string of the molecule is CC(C)(C)CCNC(=O)c1cc(C#CCO)ccc1F. The second kappa shape index (κ2) is 7.06. The van der Waals surface area contributed by atoms with Gasteiger partial charge in [0.25, 0.3) is 5.91 Å². The van der Waals surface area contributed by atoms with Gasteiger partial charge in [-0.2, -0.15) is 0 Å². The first-order chi connectivity index (χ1) is 9.33. The Morgan fingerprint density at radius 3 is 2.70 bits per heavy atom. The number of carbonyl (C=O) groups excluding carboxylic acids is 1. The molecule has 0 radical (unpaired) electrons. The molecule has 0 aliphatic heterocycles. The van der Waals surface area contributed by atoms with E-state index in [9.17, 15) is 9.18 Å². The van der Waals surface area contributed by atoms with Gasteiger partial charge in [-0.3, -0.25) is 4.79 Å². The molecule has 108 valence electrons. The van der Waals surface area contributed by atoms with Gasteiger partial charge < -0.3 is 10.4 Å². The quantitative estimate of drug-likeness (QED) is 0.833. The van der Waals surface area contributed by atoms with Gasteiger partial charge in [0.1, 0.15) is 12.4 Å². The fourth-order valence-corrected chi connectivity index (χ4v) is 1.56. The van der Waals surface area contributed by atoms with E-state index in [1.165, 1.54) is 18.2 Å². The number of aliphatic hydroxyl groups is 1. The summed E-state index contributed by atoms with van der Waals surface area (Å²) in [6.07, 6.45) is 0.810. The van der Waals surface area contributed by atoms with Gasteiger partial charge in [0.05, 0.1) is 5.56 Å². The molecule has 1 amide bonds. The number of rotatable bonds is 3. The number of hydrogen-bond acceptors (Lipinski definition) is 2. The van der Waals surface area contributed by atoms with Crippen LogP contribution in [0.25, 0.3) is 0 Å². The molecule has 3 nitrogen and oxygen atoms in total. The maximum absolute atomic E-state index is 13.6. The van der Waals surface area contributed by atoms with Crippen molar-refractivity contribution in [2.24, 2.45) is 5.41 Å². The summed E-state index contributed by atoms with van der Waals surface area (Å²) in [5.74, 6) is 4.09. The number of halogens is 1. The lowest BCUT2D eigenvalue weighted by atomic mass is 9.92. The summed E-state index contributed by atoms with van der Waals surface area (Å²) in [5.41, 5.74) is 0.588. The number of hydrogen-bond donors (Lipinski definition) is 2. The Kier molecular flexibility index (Phi) is 5.72. The zero-order chi connectivity index (χ0) is 15.2. The zero-order valence-corrected chi connectivity index (χ0v) is 12.1. The van der Waals surface area contributed by atoms with Crippen LogP contribution in [0.2, 0.25) is 0 Å². The number of carbonyl (C=O) groups is 1. The average molecular weight is 277 g/mol. The third-order valence-corrected chi connectivity index (χ3v) is 2.68. The van der Waals surface area contributed by atoms with Crippen molar-refractivity contribution < 1.29 is 14.3 Å². The van der Waals surface area contributed by atoms with Crippen LogP contribution >= 0.6 is 0 Å². The Hall–Kier alpha value is -1.86. The van der Waals surface area contributed by atoms with E-state index in [-0.39, 0.29) is 17.6 Å². The fraction of sp³-hybridized carbons (Fsp3) is 0.438. The molecule has 0 saturated heterocycles. The molecule has 0 fully saturated rings. The molecule has 0 saturated carbocycles. The van der Waals surface area contributed by atoms with Crippen LogP contribution in [-0.2, 0) is 0 Å². The van der Waals surface area contributed by atoms with Gasteiger partial charge in [-0.15, -0.1) is 0 Å². The molecule has 0 heterocycles. The van der Waals surface area contributed by atoms with Crippen molar-refractivity contribution in [1.82, 2.24) is 5.32 Å². The highest BCUT2D eigenvalue weighted by molar-refractivity contribution is 5.94. The molecule has 0 aliphatic carbocycles. The van der Waals surface area contributed by atoms with E-state index in [1.54, 1.807) is 0 Å². The highest BCUT2D eigenvalue weighted by Crippen LogP contribution is 2.17. The van der Waals surface area contributed by atoms with Gasteiger partial charge >= 0.3 is 0 Å². The van der Waals surface area contributed by atoms with E-state index in [0.717, 1.165) is 6.42 Å². The van der Waals surface area contributed by atoms with Crippen molar-refractivity contribution in [2.45, 2.75) is 27.2 Å². The molecule has 1 aromatic carbocycles. The number of benzene rings is 1. The molecule has 20 heavy (non-hydrogen) atoms. The van der Waals surface area contributed by atoms with Crippen LogP contribution in [0.3, 0.4) is 0 Å². The van der Waals surface area contributed by atoms with Crippen molar-refractivity contribution in [3.8, 4) is 11.8 Å². The minimum atomic E-state index is -0.576. The largest absolute Gasteiger partial charge is 0.384 e. The standard InChI is InChI=1S/C16H20FNO2/c1-16(2,3)8-9-18-15(20)13-11-12(5-4-10-19)6-7-14(13)17/h6-7,11,19H,8-10H2,1-3H3,(H,18,20). The van der Waals surface area contributed by atoms with Crippen LogP contribution in [0, 0.1) is 23.1 Å². The Balaban J connectivity index is 2.76. The van der Waals surface area contributed by atoms with Crippen molar-refractivity contribution in [1.29, 1.82) is 0 Å². The van der Waals surface area contributed by atoms with E-state index in [4.69, 9.17) is 5.11 Å². The van der Waals surface area contributed by atoms with E-state index < -0.39 is 11.7 Å². The van der Waals surface area contributed by atoms with E-state index >= 15 is 0 Å². The number of nitrogens with one attached hydrogen (secondary N) is 1. The monoisotopic (exact) mass is 277 g/mol. The van der Waals surface area contributed by atoms with Gasteiger partial charge in [0.15, 0.2) is 0 Å². The predicted molar refractivity (Wildman–Crippen MR) is 76.8 cm³/mol. The summed E-state index contributed by atoms with van der Waals surface area (Å²) in [4.78, 5) is 11.9. The van der Waals surface area contributed by atoms with Crippen molar-refractivity contribution >= 4 is 5.91 Å². The third kappa shape index (κ3) is 5.41. The van der Waals surface area contributed by atoms with Gasteiger partial charge in [0.2, 0.25) is 0 Å². The maximum atomic E-state index is 13.6. The van der Waals surface area contributed by atoms with Gasteiger partial charge in [-0.25, -0.2) is 4.39 Å². The van der Waals surface area contributed by atoms with Crippen molar-refractivity contribution in [3.05, 3.63) is 35.1 Å². The lowest BCUT2D eigenvalue weighted by molar-refractivity contribution is 0.0945. The molecule has 0 bridgehead atoms. The van der Waals surface area contributed by atoms with Crippen molar-refractivity contribution in [2.75, 3.05) is 13.2 Å². The van der Waals surface area contributed by atoms with Gasteiger partial charge in [0, 0.05) is 12.1 Å². The summed E-state index contributed by atoms with van der Waals surface area (Å²) < 4.78 is 13.6. The second-order valence-electron chi connectivity index (χ2n) is 5.72. The first kappa shape index (κ1) is 16.2. The second-order valence-corrected chi connectivity index (χ2v) is 5.72. The molecular weight excluding hydrogens is 257 g/mol. The van der Waals surface area contributed by atoms with Crippen LogP contribution in [0.4, 0.5) is 4.39 Å². The highest BCUT2D eigenvalue weighted by Gasteiger charge is 2.14.